The van der Waals surface area contributed by atoms with Crippen LogP contribution in [0.15, 0.2) is 36.7 Å². The Kier molecular flexibility index (Phi) is 11.8. The normalized spacial score (nSPS) is 24.2. The van der Waals surface area contributed by atoms with Gasteiger partial charge < -0.3 is 4.74 Å². The number of rotatable bonds is 14. The lowest BCUT2D eigenvalue weighted by molar-refractivity contribution is 0.155. The Morgan fingerprint density at radius 2 is 1.27 bits per heavy atom. The second-order valence-corrected chi connectivity index (χ2v) is 12.0. The maximum Gasteiger partial charge on any atom is 0.159 e. The molecule has 0 unspecified atom stereocenters. The first kappa shape index (κ1) is 28.1. The number of benzene rings is 1. The van der Waals surface area contributed by atoms with Gasteiger partial charge in [-0.15, -0.1) is 0 Å². The summed E-state index contributed by atoms with van der Waals surface area (Å²) in [6.45, 7) is 5.32. The van der Waals surface area contributed by atoms with Crippen LogP contribution in [0.2, 0.25) is 0 Å². The van der Waals surface area contributed by atoms with E-state index in [0.717, 1.165) is 53.8 Å². The third-order valence-corrected chi connectivity index (χ3v) is 9.33. The van der Waals surface area contributed by atoms with Crippen LogP contribution < -0.4 is 4.74 Å². The second kappa shape index (κ2) is 15.5. The summed E-state index contributed by atoms with van der Waals surface area (Å²) in [6.07, 6.45) is 27.2. The van der Waals surface area contributed by atoms with Crippen molar-refractivity contribution < 1.29 is 4.74 Å². The molecule has 2 aromatic rings. The molecule has 0 saturated heterocycles. The summed E-state index contributed by atoms with van der Waals surface area (Å²) in [4.78, 5) is 9.14. The number of ether oxygens (including phenoxy) is 1. The SMILES string of the molecule is CCCCCCCOc1cnc(-c2ccc(C3CCC(C4CCC(CCCCC)CC4)CC3)cc2)nc1. The van der Waals surface area contributed by atoms with Crippen molar-refractivity contribution >= 4 is 0 Å². The first-order valence-corrected chi connectivity index (χ1v) is 15.8. The summed E-state index contributed by atoms with van der Waals surface area (Å²) in [5, 5.41) is 0. The quantitative estimate of drug-likeness (QED) is 0.240. The van der Waals surface area contributed by atoms with Gasteiger partial charge in [0.25, 0.3) is 0 Å². The molecule has 204 valence electrons. The van der Waals surface area contributed by atoms with Crippen molar-refractivity contribution in [2.45, 2.75) is 129 Å². The first-order valence-electron chi connectivity index (χ1n) is 15.8. The van der Waals surface area contributed by atoms with Gasteiger partial charge in [-0.3, -0.25) is 0 Å². The van der Waals surface area contributed by atoms with E-state index in [1.54, 1.807) is 0 Å². The number of hydrogen-bond donors (Lipinski definition) is 0. The predicted octanol–water partition coefficient (Wildman–Crippen LogP) is 10.2. The van der Waals surface area contributed by atoms with Crippen molar-refractivity contribution in [1.82, 2.24) is 9.97 Å². The van der Waals surface area contributed by atoms with Gasteiger partial charge in [0.15, 0.2) is 11.6 Å². The fourth-order valence-corrected chi connectivity index (χ4v) is 6.90. The van der Waals surface area contributed by atoms with Crippen LogP contribution in [0.4, 0.5) is 0 Å². The van der Waals surface area contributed by atoms with E-state index in [2.05, 4.69) is 48.1 Å². The average molecular weight is 505 g/mol. The third-order valence-electron chi connectivity index (χ3n) is 9.33. The molecule has 2 aliphatic carbocycles. The molecule has 0 spiro atoms. The fraction of sp³-hybridized carbons (Fsp3) is 0.706. The maximum absolute atomic E-state index is 5.83. The third kappa shape index (κ3) is 8.82. The van der Waals surface area contributed by atoms with Gasteiger partial charge in [0.2, 0.25) is 0 Å². The van der Waals surface area contributed by atoms with Crippen LogP contribution >= 0.6 is 0 Å². The van der Waals surface area contributed by atoms with Crippen LogP contribution in [0.5, 0.6) is 5.75 Å². The topological polar surface area (TPSA) is 35.0 Å². The lowest BCUT2D eigenvalue weighted by Crippen LogP contribution is -2.25. The molecule has 0 amide bonds. The minimum absolute atomic E-state index is 0.727. The highest BCUT2D eigenvalue weighted by Gasteiger charge is 2.31. The minimum Gasteiger partial charge on any atom is -0.490 e. The molecule has 2 fully saturated rings. The van der Waals surface area contributed by atoms with Crippen molar-refractivity contribution in [3.05, 3.63) is 42.2 Å². The van der Waals surface area contributed by atoms with E-state index in [9.17, 15) is 0 Å². The molecule has 3 heteroatoms. The van der Waals surface area contributed by atoms with Crippen molar-refractivity contribution in [2.75, 3.05) is 6.61 Å². The van der Waals surface area contributed by atoms with E-state index in [-0.39, 0.29) is 0 Å². The highest BCUT2D eigenvalue weighted by molar-refractivity contribution is 5.55. The van der Waals surface area contributed by atoms with Crippen LogP contribution in [0.1, 0.15) is 134 Å². The van der Waals surface area contributed by atoms with Gasteiger partial charge in [-0.1, -0.05) is 102 Å². The van der Waals surface area contributed by atoms with Gasteiger partial charge in [-0.25, -0.2) is 9.97 Å². The summed E-state index contributed by atoms with van der Waals surface area (Å²) in [5.41, 5.74) is 2.60. The molecule has 37 heavy (non-hydrogen) atoms. The number of unbranched alkanes of at least 4 members (excludes halogenated alkanes) is 6. The number of nitrogens with zero attached hydrogens (tertiary/aromatic N) is 2. The zero-order chi connectivity index (χ0) is 25.7. The van der Waals surface area contributed by atoms with Crippen molar-refractivity contribution in [3.8, 4) is 17.1 Å². The lowest BCUT2D eigenvalue weighted by atomic mass is 9.68. The Morgan fingerprint density at radius 1 is 0.676 bits per heavy atom. The van der Waals surface area contributed by atoms with Crippen LogP contribution in [0.3, 0.4) is 0 Å². The molecule has 1 aromatic carbocycles. The smallest absolute Gasteiger partial charge is 0.159 e. The zero-order valence-corrected chi connectivity index (χ0v) is 23.8. The Morgan fingerprint density at radius 3 is 1.92 bits per heavy atom. The summed E-state index contributed by atoms with van der Waals surface area (Å²) >= 11 is 0. The maximum atomic E-state index is 5.83. The highest BCUT2D eigenvalue weighted by atomic mass is 16.5. The Labute approximate surface area is 227 Å². The van der Waals surface area contributed by atoms with E-state index >= 15 is 0 Å². The van der Waals surface area contributed by atoms with Crippen LogP contribution in [0, 0.1) is 17.8 Å². The van der Waals surface area contributed by atoms with E-state index < -0.39 is 0 Å². The van der Waals surface area contributed by atoms with Gasteiger partial charge in [-0.2, -0.15) is 0 Å². The van der Waals surface area contributed by atoms with Crippen molar-refractivity contribution in [1.29, 1.82) is 0 Å². The molecular weight excluding hydrogens is 452 g/mol. The van der Waals surface area contributed by atoms with E-state index in [1.165, 1.54) is 108 Å². The number of aromatic nitrogens is 2. The zero-order valence-electron chi connectivity index (χ0n) is 23.8. The molecule has 0 aliphatic heterocycles. The first-order chi connectivity index (χ1) is 18.3. The molecule has 4 rings (SSSR count). The van der Waals surface area contributed by atoms with Gasteiger partial charge >= 0.3 is 0 Å². The van der Waals surface area contributed by atoms with E-state index in [4.69, 9.17) is 4.74 Å². The summed E-state index contributed by atoms with van der Waals surface area (Å²) < 4.78 is 5.83. The Hall–Kier alpha value is -1.90. The van der Waals surface area contributed by atoms with Crippen LogP contribution in [-0.2, 0) is 0 Å². The van der Waals surface area contributed by atoms with E-state index in [0.29, 0.717) is 0 Å². The predicted molar refractivity (Wildman–Crippen MR) is 156 cm³/mol. The van der Waals surface area contributed by atoms with Gasteiger partial charge in [-0.05, 0) is 74.2 Å². The Bertz CT molecular complexity index is 862. The molecule has 0 bridgehead atoms. The summed E-state index contributed by atoms with van der Waals surface area (Å²) in [6, 6.07) is 9.08. The molecule has 0 N–H and O–H groups in total. The van der Waals surface area contributed by atoms with E-state index in [1.807, 2.05) is 12.4 Å². The second-order valence-electron chi connectivity index (χ2n) is 12.0. The molecule has 0 radical (unpaired) electrons. The molecule has 1 heterocycles. The molecule has 3 nitrogen and oxygen atoms in total. The molecule has 0 atom stereocenters. The van der Waals surface area contributed by atoms with Crippen LogP contribution in [-0.4, -0.2) is 16.6 Å². The Balaban J connectivity index is 1.18. The monoisotopic (exact) mass is 504 g/mol. The molecule has 2 saturated carbocycles. The van der Waals surface area contributed by atoms with Gasteiger partial charge in [0.05, 0.1) is 19.0 Å². The fourth-order valence-electron chi connectivity index (χ4n) is 6.90. The molecule has 1 aromatic heterocycles. The van der Waals surface area contributed by atoms with Gasteiger partial charge in [0, 0.05) is 5.56 Å². The van der Waals surface area contributed by atoms with Crippen molar-refractivity contribution in [3.63, 3.8) is 0 Å². The van der Waals surface area contributed by atoms with Crippen molar-refractivity contribution in [2.24, 2.45) is 17.8 Å². The van der Waals surface area contributed by atoms with Gasteiger partial charge in [0.1, 0.15) is 0 Å². The number of hydrogen-bond acceptors (Lipinski definition) is 3. The van der Waals surface area contributed by atoms with Crippen LogP contribution in [0.25, 0.3) is 11.4 Å². The standard InChI is InChI=1S/C34H52N2O/c1-3-5-7-8-10-24-37-33-25-35-34(36-26-33)32-22-20-31(21-23-32)30-18-16-29(17-19-30)28-14-12-27(13-15-28)11-9-6-4-2/h20-23,25-30H,3-19,24H2,1-2H3. The minimum atomic E-state index is 0.727. The molecular formula is C34H52N2O. The average Bonchev–Trinajstić information content (AvgIpc) is 2.96. The largest absolute Gasteiger partial charge is 0.490 e. The summed E-state index contributed by atoms with van der Waals surface area (Å²) in [5.74, 6) is 5.32. The lowest BCUT2D eigenvalue weighted by Gasteiger charge is -2.38. The molecule has 2 aliphatic rings. The highest BCUT2D eigenvalue weighted by Crippen LogP contribution is 2.44. The summed E-state index contributed by atoms with van der Waals surface area (Å²) in [7, 11) is 0.